The van der Waals surface area contributed by atoms with Crippen LogP contribution >= 0.6 is 31.9 Å². The molecule has 1 amide bonds. The quantitative estimate of drug-likeness (QED) is 0.763. The van der Waals surface area contributed by atoms with Gasteiger partial charge in [-0.05, 0) is 41.1 Å². The highest BCUT2D eigenvalue weighted by Gasteiger charge is 2.39. The Morgan fingerprint density at radius 3 is 2.95 bits per heavy atom. The number of hydrogen-bond donors (Lipinski definition) is 2. The summed E-state index contributed by atoms with van der Waals surface area (Å²) in [5.41, 5.74) is -0.992. The highest BCUT2D eigenvalue weighted by Crippen LogP contribution is 2.28. The Hall–Kier alpha value is -0.630. The summed E-state index contributed by atoms with van der Waals surface area (Å²) in [5.74, 6) is 0.307. The fourth-order valence-corrected chi connectivity index (χ4v) is 3.20. The molecule has 1 heterocycles. The third-order valence-electron chi connectivity index (χ3n) is 3.50. The minimum Gasteiger partial charge on any atom is -0.483 e. The highest BCUT2D eigenvalue weighted by atomic mass is 79.9. The van der Waals surface area contributed by atoms with Crippen molar-refractivity contribution in [3.63, 3.8) is 0 Å². The van der Waals surface area contributed by atoms with Crippen LogP contribution in [0.5, 0.6) is 5.75 Å². The lowest BCUT2D eigenvalue weighted by Crippen LogP contribution is -2.48. The van der Waals surface area contributed by atoms with Crippen molar-refractivity contribution in [3.8, 4) is 5.75 Å². The molecule has 1 saturated heterocycles. The maximum absolute atomic E-state index is 11.8. The maximum Gasteiger partial charge on any atom is 0.258 e. The molecule has 1 aromatic carbocycles. The van der Waals surface area contributed by atoms with Gasteiger partial charge in [-0.3, -0.25) is 4.79 Å². The number of carbonyl (C=O) groups excluding carboxylic acids is 1. The fourth-order valence-electron chi connectivity index (χ4n) is 2.04. The molecule has 0 radical (unpaired) electrons. The predicted octanol–water partition coefficient (Wildman–Crippen LogP) is 2.25. The number of hydrogen-bond acceptors (Lipinski definition) is 4. The minimum atomic E-state index is -0.992. The lowest BCUT2D eigenvalue weighted by molar-refractivity contribution is -0.124. The number of amides is 1. The van der Waals surface area contributed by atoms with E-state index in [-0.39, 0.29) is 25.2 Å². The molecule has 0 aliphatic carbocycles. The molecule has 2 N–H and O–H groups in total. The average Bonchev–Trinajstić information content (AvgIpc) is 2.76. The Kier molecular flexibility index (Phi) is 5.65. The van der Waals surface area contributed by atoms with E-state index in [1.165, 1.54) is 0 Å². The van der Waals surface area contributed by atoms with Crippen LogP contribution in [-0.4, -0.2) is 42.5 Å². The SMILES string of the molecule is CC1OCCC1(O)CNC(=O)COc1ccc(Br)cc1Br. The molecule has 0 spiro atoms. The van der Waals surface area contributed by atoms with E-state index in [0.29, 0.717) is 18.8 Å². The van der Waals surface area contributed by atoms with Gasteiger partial charge in [-0.2, -0.15) is 0 Å². The molecule has 116 valence electrons. The molecule has 0 aromatic heterocycles. The van der Waals surface area contributed by atoms with Crippen molar-refractivity contribution in [2.75, 3.05) is 19.8 Å². The Morgan fingerprint density at radius 2 is 2.33 bits per heavy atom. The van der Waals surface area contributed by atoms with Crippen LogP contribution in [0.4, 0.5) is 0 Å². The summed E-state index contributed by atoms with van der Waals surface area (Å²) >= 11 is 6.71. The van der Waals surface area contributed by atoms with Crippen molar-refractivity contribution in [1.29, 1.82) is 0 Å². The topological polar surface area (TPSA) is 67.8 Å². The predicted molar refractivity (Wildman–Crippen MR) is 85.3 cm³/mol. The van der Waals surface area contributed by atoms with E-state index in [9.17, 15) is 9.90 Å². The molecule has 2 unspecified atom stereocenters. The van der Waals surface area contributed by atoms with Gasteiger partial charge in [0.05, 0.1) is 10.6 Å². The highest BCUT2D eigenvalue weighted by molar-refractivity contribution is 9.11. The first kappa shape index (κ1) is 16.7. The first-order chi connectivity index (χ1) is 9.90. The monoisotopic (exact) mass is 421 g/mol. The number of ether oxygens (including phenoxy) is 2. The van der Waals surface area contributed by atoms with Crippen LogP contribution in [0.25, 0.3) is 0 Å². The Balaban J connectivity index is 1.80. The number of carbonyl (C=O) groups is 1. The van der Waals surface area contributed by atoms with Crippen molar-refractivity contribution in [3.05, 3.63) is 27.1 Å². The van der Waals surface area contributed by atoms with Gasteiger partial charge in [0, 0.05) is 24.0 Å². The largest absolute Gasteiger partial charge is 0.483 e. The van der Waals surface area contributed by atoms with E-state index >= 15 is 0 Å². The van der Waals surface area contributed by atoms with Crippen LogP contribution in [-0.2, 0) is 9.53 Å². The lowest BCUT2D eigenvalue weighted by Gasteiger charge is -2.26. The molecule has 1 aromatic rings. The molecule has 0 saturated carbocycles. The van der Waals surface area contributed by atoms with Crippen molar-refractivity contribution in [2.24, 2.45) is 0 Å². The van der Waals surface area contributed by atoms with Crippen molar-refractivity contribution in [2.45, 2.75) is 25.0 Å². The summed E-state index contributed by atoms with van der Waals surface area (Å²) in [6.45, 7) is 2.37. The van der Waals surface area contributed by atoms with Crippen molar-refractivity contribution in [1.82, 2.24) is 5.32 Å². The van der Waals surface area contributed by atoms with E-state index in [0.717, 1.165) is 8.95 Å². The van der Waals surface area contributed by atoms with Crippen molar-refractivity contribution >= 4 is 37.8 Å². The van der Waals surface area contributed by atoms with Crippen LogP contribution < -0.4 is 10.1 Å². The van der Waals surface area contributed by atoms with E-state index in [2.05, 4.69) is 37.2 Å². The van der Waals surface area contributed by atoms with Crippen LogP contribution in [0.1, 0.15) is 13.3 Å². The molecule has 21 heavy (non-hydrogen) atoms. The zero-order valence-electron chi connectivity index (χ0n) is 11.6. The number of nitrogens with one attached hydrogen (secondary N) is 1. The normalized spacial score (nSPS) is 24.9. The van der Waals surface area contributed by atoms with Gasteiger partial charge in [0.15, 0.2) is 6.61 Å². The first-order valence-corrected chi connectivity index (χ1v) is 8.18. The fraction of sp³-hybridized carbons (Fsp3) is 0.500. The molecule has 5 nitrogen and oxygen atoms in total. The molecule has 1 aliphatic rings. The molecule has 1 aliphatic heterocycles. The van der Waals surface area contributed by atoms with E-state index in [1.54, 1.807) is 13.0 Å². The third-order valence-corrected chi connectivity index (χ3v) is 4.62. The first-order valence-electron chi connectivity index (χ1n) is 6.59. The van der Waals surface area contributed by atoms with Crippen molar-refractivity contribution < 1.29 is 19.4 Å². The van der Waals surface area contributed by atoms with Gasteiger partial charge in [-0.15, -0.1) is 0 Å². The van der Waals surface area contributed by atoms with Crippen LogP contribution in [0.2, 0.25) is 0 Å². The second-order valence-corrected chi connectivity index (χ2v) is 6.78. The van der Waals surface area contributed by atoms with Gasteiger partial charge in [0.2, 0.25) is 0 Å². The summed E-state index contributed by atoms with van der Waals surface area (Å²) in [6.07, 6.45) is 0.243. The van der Waals surface area contributed by atoms with Gasteiger partial charge in [0.25, 0.3) is 5.91 Å². The Labute approximate surface area is 140 Å². The Bertz CT molecular complexity index is 526. The Morgan fingerprint density at radius 1 is 1.57 bits per heavy atom. The lowest BCUT2D eigenvalue weighted by atomic mass is 9.97. The molecular weight excluding hydrogens is 406 g/mol. The second kappa shape index (κ2) is 7.09. The zero-order chi connectivity index (χ0) is 15.5. The summed E-state index contributed by atoms with van der Waals surface area (Å²) in [4.78, 5) is 11.8. The van der Waals surface area contributed by atoms with Gasteiger partial charge in [0.1, 0.15) is 11.4 Å². The van der Waals surface area contributed by atoms with Gasteiger partial charge >= 0.3 is 0 Å². The smallest absolute Gasteiger partial charge is 0.258 e. The standard InChI is InChI=1S/C14H17Br2NO4/c1-9-14(19,4-5-20-9)8-17-13(18)7-21-12-3-2-10(15)6-11(12)16/h2-3,6,9,19H,4-5,7-8H2,1H3,(H,17,18). The minimum absolute atomic E-state index is 0.106. The number of aliphatic hydroxyl groups is 1. The van der Waals surface area contributed by atoms with Crippen LogP contribution in [0.15, 0.2) is 27.1 Å². The third kappa shape index (κ3) is 4.42. The number of benzene rings is 1. The average molecular weight is 423 g/mol. The summed E-state index contributed by atoms with van der Waals surface area (Å²) < 4.78 is 12.4. The van der Waals surface area contributed by atoms with Gasteiger partial charge in [-0.1, -0.05) is 15.9 Å². The summed E-state index contributed by atoms with van der Waals surface area (Å²) in [5, 5.41) is 13.0. The van der Waals surface area contributed by atoms with E-state index in [4.69, 9.17) is 9.47 Å². The second-order valence-electron chi connectivity index (χ2n) is 5.01. The van der Waals surface area contributed by atoms with Gasteiger partial charge < -0.3 is 19.9 Å². The summed E-state index contributed by atoms with van der Waals surface area (Å²) in [6, 6.07) is 5.44. The molecule has 2 atom stereocenters. The zero-order valence-corrected chi connectivity index (χ0v) is 14.7. The van der Waals surface area contributed by atoms with Gasteiger partial charge in [-0.25, -0.2) is 0 Å². The maximum atomic E-state index is 11.8. The molecule has 7 heteroatoms. The molecule has 2 rings (SSSR count). The number of halogens is 2. The van der Waals surface area contributed by atoms with E-state index in [1.807, 2.05) is 12.1 Å². The van der Waals surface area contributed by atoms with E-state index < -0.39 is 5.60 Å². The van der Waals surface area contributed by atoms with Crippen LogP contribution in [0.3, 0.4) is 0 Å². The molecular formula is C14H17Br2NO4. The summed E-state index contributed by atoms with van der Waals surface area (Å²) in [7, 11) is 0. The molecule has 1 fully saturated rings. The molecule has 0 bridgehead atoms. The number of rotatable bonds is 5. The van der Waals surface area contributed by atoms with Crippen LogP contribution in [0, 0.1) is 0 Å².